The highest BCUT2D eigenvalue weighted by Crippen LogP contribution is 2.34. The van der Waals surface area contributed by atoms with Gasteiger partial charge in [0.1, 0.15) is 0 Å². The van der Waals surface area contributed by atoms with E-state index in [-0.39, 0.29) is 5.91 Å². The van der Waals surface area contributed by atoms with E-state index in [1.54, 1.807) is 15.8 Å². The number of rotatable bonds is 1. The summed E-state index contributed by atoms with van der Waals surface area (Å²) in [6.45, 7) is 2.40. The van der Waals surface area contributed by atoms with E-state index in [2.05, 4.69) is 5.10 Å². The van der Waals surface area contributed by atoms with Crippen molar-refractivity contribution >= 4 is 11.6 Å². The summed E-state index contributed by atoms with van der Waals surface area (Å²) in [5.41, 5.74) is 3.06. The molecule has 3 rings (SSSR count). The summed E-state index contributed by atoms with van der Waals surface area (Å²) in [5, 5.41) is 14.2. The molecular formula is C15H17N3O2. The molecule has 20 heavy (non-hydrogen) atoms. The average Bonchev–Trinajstić information content (AvgIpc) is 2.79. The number of aryl methyl sites for hydroxylation is 1. The minimum Gasteiger partial charge on any atom is -0.388 e. The van der Waals surface area contributed by atoms with Crippen LogP contribution < -0.4 is 4.90 Å². The Morgan fingerprint density at radius 1 is 1.40 bits per heavy atom. The lowest BCUT2D eigenvalue weighted by Crippen LogP contribution is -2.36. The third-order valence-corrected chi connectivity index (χ3v) is 3.92. The van der Waals surface area contributed by atoms with Gasteiger partial charge in [-0.1, -0.05) is 18.2 Å². The van der Waals surface area contributed by atoms with E-state index >= 15 is 0 Å². The minimum atomic E-state index is -0.495. The predicted molar refractivity (Wildman–Crippen MR) is 75.6 cm³/mol. The maximum Gasteiger partial charge on any atom is 0.261 e. The maximum atomic E-state index is 12.7. The van der Waals surface area contributed by atoms with Crippen LogP contribution >= 0.6 is 0 Å². The standard InChI is InChI=1S/C15H17N3O2/c1-10-12(9-16-17(10)2)15(20)18-8-7-14(19)11-5-3-4-6-13(11)18/h3-6,9,14,19H,7-8H2,1-2H3. The topological polar surface area (TPSA) is 58.4 Å². The lowest BCUT2D eigenvalue weighted by molar-refractivity contribution is 0.0970. The average molecular weight is 271 g/mol. The van der Waals surface area contributed by atoms with E-state index in [9.17, 15) is 9.90 Å². The molecule has 5 nitrogen and oxygen atoms in total. The van der Waals surface area contributed by atoms with Gasteiger partial charge in [-0.2, -0.15) is 5.10 Å². The Kier molecular flexibility index (Phi) is 3.06. The number of aromatic nitrogens is 2. The summed E-state index contributed by atoms with van der Waals surface area (Å²) in [6, 6.07) is 7.51. The highest BCUT2D eigenvalue weighted by molar-refractivity contribution is 6.07. The number of benzene rings is 1. The number of carbonyl (C=O) groups excluding carboxylic acids is 1. The molecule has 1 N–H and O–H groups in total. The van der Waals surface area contributed by atoms with Crippen molar-refractivity contribution in [2.45, 2.75) is 19.4 Å². The number of fused-ring (bicyclic) bond motifs is 1. The van der Waals surface area contributed by atoms with Gasteiger partial charge in [-0.3, -0.25) is 9.48 Å². The summed E-state index contributed by atoms with van der Waals surface area (Å²) < 4.78 is 1.69. The monoisotopic (exact) mass is 271 g/mol. The van der Waals surface area contributed by atoms with Crippen molar-refractivity contribution in [1.29, 1.82) is 0 Å². The van der Waals surface area contributed by atoms with E-state index in [1.807, 2.05) is 38.2 Å². The lowest BCUT2D eigenvalue weighted by Gasteiger charge is -2.32. The first-order chi connectivity index (χ1) is 9.59. The number of nitrogens with zero attached hydrogens (tertiary/aromatic N) is 3. The normalized spacial score (nSPS) is 17.9. The zero-order chi connectivity index (χ0) is 14.3. The second-order valence-corrected chi connectivity index (χ2v) is 5.09. The molecule has 0 bridgehead atoms. The first-order valence-corrected chi connectivity index (χ1v) is 6.67. The maximum absolute atomic E-state index is 12.7. The largest absolute Gasteiger partial charge is 0.388 e. The molecule has 2 heterocycles. The molecule has 0 spiro atoms. The predicted octanol–water partition coefficient (Wildman–Crippen LogP) is 1.81. The molecule has 104 valence electrons. The van der Waals surface area contributed by atoms with Gasteiger partial charge in [-0.15, -0.1) is 0 Å². The van der Waals surface area contributed by atoms with E-state index < -0.39 is 6.10 Å². The minimum absolute atomic E-state index is 0.0602. The zero-order valence-electron chi connectivity index (χ0n) is 11.6. The van der Waals surface area contributed by atoms with E-state index in [4.69, 9.17) is 0 Å². The third-order valence-electron chi connectivity index (χ3n) is 3.92. The van der Waals surface area contributed by atoms with Crippen molar-refractivity contribution in [3.63, 3.8) is 0 Å². The van der Waals surface area contributed by atoms with Gasteiger partial charge >= 0.3 is 0 Å². The summed E-state index contributed by atoms with van der Waals surface area (Å²) in [5.74, 6) is -0.0602. The van der Waals surface area contributed by atoms with E-state index in [0.29, 0.717) is 18.5 Å². The molecule has 5 heteroatoms. The summed E-state index contributed by atoms with van der Waals surface area (Å²) in [4.78, 5) is 14.4. The molecule has 1 aliphatic rings. The highest BCUT2D eigenvalue weighted by Gasteiger charge is 2.29. The number of anilines is 1. The van der Waals surface area contributed by atoms with Gasteiger partial charge in [0, 0.05) is 30.5 Å². The molecule has 0 saturated heterocycles. The van der Waals surface area contributed by atoms with Crippen LogP contribution in [0.3, 0.4) is 0 Å². The first-order valence-electron chi connectivity index (χ1n) is 6.67. The molecule has 1 amide bonds. The van der Waals surface area contributed by atoms with Crippen LogP contribution in [0.2, 0.25) is 0 Å². The number of amides is 1. The van der Waals surface area contributed by atoms with Gasteiger partial charge in [0.25, 0.3) is 5.91 Å². The van der Waals surface area contributed by atoms with E-state index in [0.717, 1.165) is 16.9 Å². The number of aliphatic hydroxyl groups is 1. The van der Waals surface area contributed by atoms with Gasteiger partial charge in [0.15, 0.2) is 0 Å². The van der Waals surface area contributed by atoms with Crippen molar-refractivity contribution in [2.24, 2.45) is 7.05 Å². The molecule has 0 aliphatic carbocycles. The number of carbonyl (C=O) groups is 1. The fraction of sp³-hybridized carbons (Fsp3) is 0.333. The molecule has 1 aliphatic heterocycles. The van der Waals surface area contributed by atoms with Crippen LogP contribution in [0.5, 0.6) is 0 Å². The first kappa shape index (κ1) is 12.9. The smallest absolute Gasteiger partial charge is 0.261 e. The van der Waals surface area contributed by atoms with Gasteiger partial charge in [-0.05, 0) is 19.4 Å². The molecular weight excluding hydrogens is 254 g/mol. The molecule has 1 unspecified atom stereocenters. The van der Waals surface area contributed by atoms with Crippen molar-refractivity contribution in [2.75, 3.05) is 11.4 Å². The molecule has 1 aromatic heterocycles. The van der Waals surface area contributed by atoms with Gasteiger partial charge < -0.3 is 10.0 Å². The SMILES string of the molecule is Cc1c(C(=O)N2CCC(O)c3ccccc32)cnn1C. The Hall–Kier alpha value is -2.14. The van der Waals surface area contributed by atoms with Crippen LogP contribution in [0.25, 0.3) is 0 Å². The molecule has 0 saturated carbocycles. The Morgan fingerprint density at radius 2 is 2.15 bits per heavy atom. The van der Waals surface area contributed by atoms with Crippen molar-refractivity contribution in [1.82, 2.24) is 9.78 Å². The third kappa shape index (κ3) is 1.91. The number of aliphatic hydroxyl groups excluding tert-OH is 1. The zero-order valence-corrected chi connectivity index (χ0v) is 11.6. The Labute approximate surface area is 117 Å². The quantitative estimate of drug-likeness (QED) is 0.860. The van der Waals surface area contributed by atoms with Crippen LogP contribution in [-0.2, 0) is 7.05 Å². The highest BCUT2D eigenvalue weighted by atomic mass is 16.3. The summed E-state index contributed by atoms with van der Waals surface area (Å²) in [6.07, 6.45) is 1.66. The van der Waals surface area contributed by atoms with Crippen LogP contribution in [-0.4, -0.2) is 27.3 Å². The second-order valence-electron chi connectivity index (χ2n) is 5.09. The Morgan fingerprint density at radius 3 is 2.85 bits per heavy atom. The number of para-hydroxylation sites is 1. The van der Waals surface area contributed by atoms with Crippen LogP contribution in [0.4, 0.5) is 5.69 Å². The molecule has 1 atom stereocenters. The van der Waals surface area contributed by atoms with Gasteiger partial charge in [0.05, 0.1) is 17.9 Å². The summed E-state index contributed by atoms with van der Waals surface area (Å²) in [7, 11) is 1.82. The fourth-order valence-corrected chi connectivity index (χ4v) is 2.61. The molecule has 1 aromatic carbocycles. The summed E-state index contributed by atoms with van der Waals surface area (Å²) >= 11 is 0. The number of hydrogen-bond donors (Lipinski definition) is 1. The molecule has 0 fully saturated rings. The molecule has 0 radical (unpaired) electrons. The lowest BCUT2D eigenvalue weighted by atomic mass is 9.98. The second kappa shape index (κ2) is 4.76. The van der Waals surface area contributed by atoms with Crippen molar-refractivity contribution < 1.29 is 9.90 Å². The van der Waals surface area contributed by atoms with E-state index in [1.165, 1.54) is 0 Å². The number of hydrogen-bond acceptors (Lipinski definition) is 3. The van der Waals surface area contributed by atoms with Crippen LogP contribution in [0, 0.1) is 6.92 Å². The Balaban J connectivity index is 2.02. The fourth-order valence-electron chi connectivity index (χ4n) is 2.61. The van der Waals surface area contributed by atoms with Gasteiger partial charge in [0.2, 0.25) is 0 Å². The van der Waals surface area contributed by atoms with Crippen molar-refractivity contribution in [3.05, 3.63) is 47.3 Å². The van der Waals surface area contributed by atoms with Gasteiger partial charge in [-0.25, -0.2) is 0 Å². The van der Waals surface area contributed by atoms with Crippen LogP contribution in [0.1, 0.15) is 34.1 Å². The Bertz CT molecular complexity index is 663. The van der Waals surface area contributed by atoms with Crippen molar-refractivity contribution in [3.8, 4) is 0 Å². The van der Waals surface area contributed by atoms with Crippen LogP contribution in [0.15, 0.2) is 30.5 Å². The molecule has 2 aromatic rings.